The number of rotatable bonds is 12. The van der Waals surface area contributed by atoms with Crippen LogP contribution in [0.2, 0.25) is 0 Å². The van der Waals surface area contributed by atoms with Crippen molar-refractivity contribution in [3.05, 3.63) is 59.7 Å². The molecule has 0 fully saturated rings. The first kappa shape index (κ1) is 22.5. The summed E-state index contributed by atoms with van der Waals surface area (Å²) in [5.41, 5.74) is 4.54. The molecule has 0 aliphatic carbocycles. The summed E-state index contributed by atoms with van der Waals surface area (Å²) in [6, 6.07) is 15.4. The Morgan fingerprint density at radius 3 is 2.55 bits per heavy atom. The summed E-state index contributed by atoms with van der Waals surface area (Å²) >= 11 is 0. The lowest BCUT2D eigenvalue weighted by Gasteiger charge is -2.09. The van der Waals surface area contributed by atoms with Gasteiger partial charge in [-0.1, -0.05) is 52.2 Å². The van der Waals surface area contributed by atoms with Crippen molar-refractivity contribution in [2.45, 2.75) is 52.4 Å². The van der Waals surface area contributed by atoms with Gasteiger partial charge in [0.25, 0.3) is 5.91 Å². The molecule has 5 nitrogen and oxygen atoms in total. The molecule has 0 unspecified atom stereocenters. The van der Waals surface area contributed by atoms with Crippen LogP contribution in [0.15, 0.2) is 53.6 Å². The molecule has 0 atom stereocenters. The Labute approximate surface area is 174 Å². The van der Waals surface area contributed by atoms with Gasteiger partial charge in [-0.3, -0.25) is 4.79 Å². The van der Waals surface area contributed by atoms with Gasteiger partial charge in [0.05, 0.1) is 12.8 Å². The van der Waals surface area contributed by atoms with Crippen molar-refractivity contribution in [3.8, 4) is 11.5 Å². The molecule has 0 saturated heterocycles. The lowest BCUT2D eigenvalue weighted by Crippen LogP contribution is -2.24. The van der Waals surface area contributed by atoms with E-state index in [1.165, 1.54) is 24.8 Å². The molecule has 2 rings (SSSR count). The number of nitrogens with zero attached hydrogens (tertiary/aromatic N) is 1. The lowest BCUT2D eigenvalue weighted by molar-refractivity contribution is -0.123. The third-order valence-electron chi connectivity index (χ3n) is 4.44. The fourth-order valence-electron chi connectivity index (χ4n) is 2.69. The molecule has 0 bridgehead atoms. The molecule has 0 saturated carbocycles. The highest BCUT2D eigenvalue weighted by atomic mass is 16.5. The second kappa shape index (κ2) is 12.6. The number of nitrogens with one attached hydrogen (secondary N) is 1. The van der Waals surface area contributed by atoms with E-state index < -0.39 is 0 Å². The minimum atomic E-state index is -0.303. The maximum absolute atomic E-state index is 11.9. The largest absolute Gasteiger partial charge is 0.494 e. The highest BCUT2D eigenvalue weighted by molar-refractivity contribution is 5.83. The Kier molecular flexibility index (Phi) is 9.76. The maximum atomic E-state index is 11.9. The average molecular weight is 397 g/mol. The number of unbranched alkanes of at least 4 members (excludes halogenated alkanes) is 3. The van der Waals surface area contributed by atoms with E-state index in [2.05, 4.69) is 31.3 Å². The highest BCUT2D eigenvalue weighted by Gasteiger charge is 2.04. The van der Waals surface area contributed by atoms with Gasteiger partial charge in [-0.05, 0) is 59.9 Å². The maximum Gasteiger partial charge on any atom is 0.277 e. The molecule has 5 heteroatoms. The Hall–Kier alpha value is -2.82. The van der Waals surface area contributed by atoms with Crippen molar-refractivity contribution in [2.24, 2.45) is 5.10 Å². The molecule has 1 amide bonds. The van der Waals surface area contributed by atoms with E-state index in [1.807, 2.05) is 48.5 Å². The Balaban J connectivity index is 1.70. The average Bonchev–Trinajstić information content (AvgIpc) is 2.73. The first-order valence-corrected chi connectivity index (χ1v) is 10.4. The molecule has 0 heterocycles. The van der Waals surface area contributed by atoms with Crippen molar-refractivity contribution in [2.75, 3.05) is 13.2 Å². The van der Waals surface area contributed by atoms with Crippen LogP contribution in [0, 0.1) is 0 Å². The zero-order valence-electron chi connectivity index (χ0n) is 17.7. The van der Waals surface area contributed by atoms with Crippen LogP contribution in [0.25, 0.3) is 0 Å². The van der Waals surface area contributed by atoms with Gasteiger partial charge >= 0.3 is 0 Å². The Morgan fingerprint density at radius 2 is 1.83 bits per heavy atom. The van der Waals surface area contributed by atoms with Crippen LogP contribution >= 0.6 is 0 Å². The van der Waals surface area contributed by atoms with Gasteiger partial charge in [-0.25, -0.2) is 5.43 Å². The fraction of sp³-hybridized carbons (Fsp3) is 0.417. The SMILES string of the molecule is CCCCCCOc1ccc(/C=N/NC(=O)COc2cccc(C(C)C)c2)cc1. The van der Waals surface area contributed by atoms with Crippen molar-refractivity contribution in [1.29, 1.82) is 0 Å². The molecule has 156 valence electrons. The number of amides is 1. The number of hydrazone groups is 1. The van der Waals surface area contributed by atoms with E-state index in [4.69, 9.17) is 9.47 Å². The molecule has 0 aliphatic heterocycles. The zero-order valence-corrected chi connectivity index (χ0v) is 17.7. The van der Waals surface area contributed by atoms with Crippen LogP contribution in [0.5, 0.6) is 11.5 Å². The summed E-state index contributed by atoms with van der Waals surface area (Å²) in [4.78, 5) is 11.9. The summed E-state index contributed by atoms with van der Waals surface area (Å²) in [5.74, 6) is 1.64. The van der Waals surface area contributed by atoms with Gasteiger partial charge in [-0.15, -0.1) is 0 Å². The first-order chi connectivity index (χ1) is 14.1. The molecule has 2 aromatic rings. The summed E-state index contributed by atoms with van der Waals surface area (Å²) in [7, 11) is 0. The summed E-state index contributed by atoms with van der Waals surface area (Å²) < 4.78 is 11.3. The number of hydrogen-bond acceptors (Lipinski definition) is 4. The van der Waals surface area contributed by atoms with Crippen molar-refractivity contribution >= 4 is 12.1 Å². The van der Waals surface area contributed by atoms with Gasteiger partial charge in [0.15, 0.2) is 6.61 Å². The molecule has 29 heavy (non-hydrogen) atoms. The van der Waals surface area contributed by atoms with E-state index in [0.29, 0.717) is 11.7 Å². The van der Waals surface area contributed by atoms with E-state index in [-0.39, 0.29) is 12.5 Å². The molecule has 2 aromatic carbocycles. The van der Waals surface area contributed by atoms with Crippen LogP contribution in [-0.2, 0) is 4.79 Å². The number of carbonyl (C=O) groups excluding carboxylic acids is 1. The smallest absolute Gasteiger partial charge is 0.277 e. The minimum absolute atomic E-state index is 0.0797. The van der Waals surface area contributed by atoms with E-state index in [9.17, 15) is 4.79 Å². The second-order valence-corrected chi connectivity index (χ2v) is 7.29. The number of carbonyl (C=O) groups is 1. The number of ether oxygens (including phenoxy) is 2. The quantitative estimate of drug-likeness (QED) is 0.301. The molecule has 0 radical (unpaired) electrons. The van der Waals surface area contributed by atoms with Crippen molar-refractivity contribution in [1.82, 2.24) is 5.43 Å². The molecular formula is C24H32N2O3. The first-order valence-electron chi connectivity index (χ1n) is 10.4. The highest BCUT2D eigenvalue weighted by Crippen LogP contribution is 2.20. The second-order valence-electron chi connectivity index (χ2n) is 7.29. The number of benzene rings is 2. The Morgan fingerprint density at radius 1 is 1.03 bits per heavy atom. The van der Waals surface area contributed by atoms with Crippen LogP contribution < -0.4 is 14.9 Å². The van der Waals surface area contributed by atoms with Gasteiger partial charge in [0.1, 0.15) is 11.5 Å². The van der Waals surface area contributed by atoms with Crippen molar-refractivity contribution < 1.29 is 14.3 Å². The third-order valence-corrected chi connectivity index (χ3v) is 4.44. The minimum Gasteiger partial charge on any atom is -0.494 e. The summed E-state index contributed by atoms with van der Waals surface area (Å²) in [6.45, 7) is 7.09. The van der Waals surface area contributed by atoms with Gasteiger partial charge in [-0.2, -0.15) is 5.10 Å². The molecule has 0 spiro atoms. The van der Waals surface area contributed by atoms with Gasteiger partial charge in [0, 0.05) is 0 Å². The fourth-order valence-corrected chi connectivity index (χ4v) is 2.69. The third kappa shape index (κ3) is 8.81. The molecular weight excluding hydrogens is 364 g/mol. The van der Waals surface area contributed by atoms with Crippen LogP contribution in [0.3, 0.4) is 0 Å². The standard InChI is InChI=1S/C24H32N2O3/c1-4-5-6-7-15-28-22-13-11-20(12-14-22)17-25-26-24(27)18-29-23-10-8-9-21(16-23)19(2)3/h8-14,16-17,19H,4-7,15,18H2,1-3H3,(H,26,27)/b25-17+. The Bertz CT molecular complexity index is 770. The van der Waals surface area contributed by atoms with Crippen LogP contribution in [-0.4, -0.2) is 25.3 Å². The molecule has 1 N–H and O–H groups in total. The normalized spacial score (nSPS) is 11.0. The van der Waals surface area contributed by atoms with Crippen LogP contribution in [0.1, 0.15) is 63.5 Å². The van der Waals surface area contributed by atoms with Gasteiger partial charge < -0.3 is 9.47 Å². The predicted octanol–water partition coefficient (Wildman–Crippen LogP) is 5.30. The van der Waals surface area contributed by atoms with E-state index in [0.717, 1.165) is 24.3 Å². The summed E-state index contributed by atoms with van der Waals surface area (Å²) in [5, 5.41) is 3.98. The topological polar surface area (TPSA) is 59.9 Å². The summed E-state index contributed by atoms with van der Waals surface area (Å²) in [6.07, 6.45) is 6.35. The zero-order chi connectivity index (χ0) is 20.9. The van der Waals surface area contributed by atoms with E-state index in [1.54, 1.807) is 6.21 Å². The van der Waals surface area contributed by atoms with E-state index >= 15 is 0 Å². The molecule has 0 aliphatic rings. The predicted molar refractivity (Wildman–Crippen MR) is 118 cm³/mol. The van der Waals surface area contributed by atoms with Gasteiger partial charge in [0.2, 0.25) is 0 Å². The lowest BCUT2D eigenvalue weighted by atomic mass is 10.0. The molecule has 0 aromatic heterocycles. The van der Waals surface area contributed by atoms with Crippen molar-refractivity contribution in [3.63, 3.8) is 0 Å². The number of hydrogen-bond donors (Lipinski definition) is 1. The monoisotopic (exact) mass is 396 g/mol. The van der Waals surface area contributed by atoms with Crippen LogP contribution in [0.4, 0.5) is 0 Å².